The Balaban J connectivity index is 2.06. The number of aliphatic hydroxyl groups is 1. The van der Waals surface area contributed by atoms with E-state index in [4.69, 9.17) is 14.6 Å². The molecule has 1 N–H and O–H groups in total. The van der Waals surface area contributed by atoms with Crippen molar-refractivity contribution in [2.75, 3.05) is 26.4 Å². The predicted molar refractivity (Wildman–Crippen MR) is 64.8 cm³/mol. The van der Waals surface area contributed by atoms with Crippen molar-refractivity contribution < 1.29 is 19.0 Å². The Hall–Kier alpha value is -1.57. The highest BCUT2D eigenvalue weighted by Crippen LogP contribution is 2.21. The lowest BCUT2D eigenvalue weighted by Crippen LogP contribution is -2.12. The Labute approximate surface area is 106 Å². The molecule has 2 rings (SSSR count). The van der Waals surface area contributed by atoms with Crippen molar-refractivity contribution in [3.63, 3.8) is 0 Å². The number of aliphatic hydroxyl groups excluding tert-OH is 1. The van der Waals surface area contributed by atoms with Gasteiger partial charge >= 0.3 is 0 Å². The Morgan fingerprint density at radius 3 is 3.11 bits per heavy atom. The van der Waals surface area contributed by atoms with Gasteiger partial charge in [-0.3, -0.25) is 0 Å². The first-order valence-electron chi connectivity index (χ1n) is 5.89. The molecule has 1 aromatic rings. The van der Waals surface area contributed by atoms with Crippen molar-refractivity contribution in [2.24, 2.45) is 5.92 Å². The zero-order chi connectivity index (χ0) is 12.8. The summed E-state index contributed by atoms with van der Waals surface area (Å²) in [5.41, 5.74) is 0.587. The molecule has 0 saturated carbocycles. The van der Waals surface area contributed by atoms with E-state index < -0.39 is 0 Å². The number of halogens is 1. The van der Waals surface area contributed by atoms with Crippen molar-refractivity contribution in [3.8, 4) is 17.6 Å². The number of benzene rings is 1. The van der Waals surface area contributed by atoms with Crippen LogP contribution in [-0.2, 0) is 4.74 Å². The molecule has 1 unspecified atom stereocenters. The standard InChI is InChI=1S/C14H15FO3/c15-13-4-3-12(2-1-6-16)14(8-13)18-10-11-5-7-17-9-11/h3-4,8,11,16H,5-7,9-10H2. The van der Waals surface area contributed by atoms with Crippen molar-refractivity contribution in [1.82, 2.24) is 0 Å². The summed E-state index contributed by atoms with van der Waals surface area (Å²) in [7, 11) is 0. The second kappa shape index (κ2) is 6.39. The minimum Gasteiger partial charge on any atom is -0.492 e. The Kier molecular flexibility index (Phi) is 4.57. The summed E-state index contributed by atoms with van der Waals surface area (Å²) in [4.78, 5) is 0. The zero-order valence-electron chi connectivity index (χ0n) is 9.99. The van der Waals surface area contributed by atoms with E-state index in [1.807, 2.05) is 0 Å². The van der Waals surface area contributed by atoms with Gasteiger partial charge in [0.1, 0.15) is 18.2 Å². The van der Waals surface area contributed by atoms with E-state index in [2.05, 4.69) is 11.8 Å². The summed E-state index contributed by atoms with van der Waals surface area (Å²) in [6.07, 6.45) is 0.965. The maximum Gasteiger partial charge on any atom is 0.137 e. The molecule has 0 aromatic heterocycles. The monoisotopic (exact) mass is 250 g/mol. The molecule has 18 heavy (non-hydrogen) atoms. The maximum atomic E-state index is 13.2. The minimum absolute atomic E-state index is 0.229. The third kappa shape index (κ3) is 3.46. The molecule has 0 amide bonds. The lowest BCUT2D eigenvalue weighted by Gasteiger charge is -2.11. The average molecular weight is 250 g/mol. The van der Waals surface area contributed by atoms with Crippen LogP contribution in [0.15, 0.2) is 18.2 Å². The molecule has 96 valence electrons. The fraction of sp³-hybridized carbons (Fsp3) is 0.429. The van der Waals surface area contributed by atoms with E-state index in [9.17, 15) is 4.39 Å². The molecule has 4 heteroatoms. The van der Waals surface area contributed by atoms with Gasteiger partial charge in [0.05, 0.1) is 18.8 Å². The highest BCUT2D eigenvalue weighted by Gasteiger charge is 2.16. The summed E-state index contributed by atoms with van der Waals surface area (Å²) < 4.78 is 24.0. The molecule has 0 spiro atoms. The van der Waals surface area contributed by atoms with Crippen molar-refractivity contribution >= 4 is 0 Å². The molecule has 1 atom stereocenters. The van der Waals surface area contributed by atoms with Gasteiger partial charge in [-0.2, -0.15) is 0 Å². The molecule has 1 fully saturated rings. The Bertz CT molecular complexity index is 456. The van der Waals surface area contributed by atoms with E-state index in [0.29, 0.717) is 30.4 Å². The molecule has 0 radical (unpaired) electrons. The highest BCUT2D eigenvalue weighted by atomic mass is 19.1. The number of hydrogen-bond acceptors (Lipinski definition) is 3. The SMILES string of the molecule is OCC#Cc1ccc(F)cc1OCC1CCOC1. The summed E-state index contributed by atoms with van der Waals surface area (Å²) in [5, 5.41) is 8.67. The van der Waals surface area contributed by atoms with Gasteiger partial charge in [0.15, 0.2) is 0 Å². The number of rotatable bonds is 3. The molecule has 0 aliphatic carbocycles. The van der Waals surface area contributed by atoms with Gasteiger partial charge in [-0.25, -0.2) is 4.39 Å². The van der Waals surface area contributed by atoms with Gasteiger partial charge < -0.3 is 14.6 Å². The van der Waals surface area contributed by atoms with Crippen LogP contribution in [-0.4, -0.2) is 31.5 Å². The quantitative estimate of drug-likeness (QED) is 0.828. The smallest absolute Gasteiger partial charge is 0.137 e. The van der Waals surface area contributed by atoms with E-state index in [1.54, 1.807) is 6.07 Å². The van der Waals surface area contributed by atoms with Gasteiger partial charge in [0.25, 0.3) is 0 Å². The molecular formula is C14H15FO3. The van der Waals surface area contributed by atoms with Gasteiger partial charge in [0, 0.05) is 18.6 Å². The van der Waals surface area contributed by atoms with Gasteiger partial charge in [-0.15, -0.1) is 0 Å². The summed E-state index contributed by atoms with van der Waals surface area (Å²) in [6, 6.07) is 4.20. The normalized spacial score (nSPS) is 18.2. The molecule has 1 aromatic carbocycles. The van der Waals surface area contributed by atoms with Gasteiger partial charge in [0.2, 0.25) is 0 Å². The third-order valence-electron chi connectivity index (χ3n) is 2.74. The van der Waals surface area contributed by atoms with Crippen LogP contribution in [0.1, 0.15) is 12.0 Å². The zero-order valence-corrected chi connectivity index (χ0v) is 9.99. The molecular weight excluding hydrogens is 235 g/mol. The summed E-state index contributed by atoms with van der Waals surface area (Å²) in [6.45, 7) is 1.71. The van der Waals surface area contributed by atoms with Crippen LogP contribution < -0.4 is 4.74 Å². The van der Waals surface area contributed by atoms with Crippen LogP contribution >= 0.6 is 0 Å². The van der Waals surface area contributed by atoms with Crippen LogP contribution in [0.5, 0.6) is 5.75 Å². The van der Waals surface area contributed by atoms with Crippen molar-refractivity contribution in [3.05, 3.63) is 29.6 Å². The largest absolute Gasteiger partial charge is 0.492 e. The molecule has 1 aliphatic rings. The molecule has 1 saturated heterocycles. The fourth-order valence-electron chi connectivity index (χ4n) is 1.78. The molecule has 1 aliphatic heterocycles. The van der Waals surface area contributed by atoms with Crippen LogP contribution in [0.4, 0.5) is 4.39 Å². The van der Waals surface area contributed by atoms with Crippen molar-refractivity contribution in [1.29, 1.82) is 0 Å². The lowest BCUT2D eigenvalue weighted by molar-refractivity contribution is 0.167. The minimum atomic E-state index is -0.359. The third-order valence-corrected chi connectivity index (χ3v) is 2.74. The first-order chi connectivity index (χ1) is 8.79. The van der Waals surface area contributed by atoms with Gasteiger partial charge in [-0.1, -0.05) is 11.8 Å². The number of hydrogen-bond donors (Lipinski definition) is 1. The second-order valence-corrected chi connectivity index (χ2v) is 4.14. The van der Waals surface area contributed by atoms with Crippen LogP contribution in [0, 0.1) is 23.6 Å². The topological polar surface area (TPSA) is 38.7 Å². The first kappa shape index (κ1) is 12.9. The Morgan fingerprint density at radius 1 is 1.50 bits per heavy atom. The van der Waals surface area contributed by atoms with E-state index in [-0.39, 0.29) is 12.4 Å². The van der Waals surface area contributed by atoms with E-state index in [0.717, 1.165) is 13.0 Å². The first-order valence-corrected chi connectivity index (χ1v) is 5.89. The van der Waals surface area contributed by atoms with Crippen LogP contribution in [0.2, 0.25) is 0 Å². The Morgan fingerprint density at radius 2 is 2.39 bits per heavy atom. The maximum absolute atomic E-state index is 13.2. The highest BCUT2D eigenvalue weighted by molar-refractivity contribution is 5.46. The molecule has 1 heterocycles. The average Bonchev–Trinajstić information content (AvgIpc) is 2.88. The molecule has 0 bridgehead atoms. The van der Waals surface area contributed by atoms with E-state index in [1.165, 1.54) is 12.1 Å². The van der Waals surface area contributed by atoms with Crippen molar-refractivity contribution in [2.45, 2.75) is 6.42 Å². The molecule has 3 nitrogen and oxygen atoms in total. The van der Waals surface area contributed by atoms with Crippen LogP contribution in [0.25, 0.3) is 0 Å². The summed E-state index contributed by atoms with van der Waals surface area (Å²) in [5.74, 6) is 5.69. The second-order valence-electron chi connectivity index (χ2n) is 4.14. The summed E-state index contributed by atoms with van der Waals surface area (Å²) >= 11 is 0. The van der Waals surface area contributed by atoms with Crippen LogP contribution in [0.3, 0.4) is 0 Å². The van der Waals surface area contributed by atoms with Gasteiger partial charge in [-0.05, 0) is 18.6 Å². The predicted octanol–water partition coefficient (Wildman–Crippen LogP) is 1.58. The van der Waals surface area contributed by atoms with E-state index >= 15 is 0 Å². The number of ether oxygens (including phenoxy) is 2. The fourth-order valence-corrected chi connectivity index (χ4v) is 1.78. The lowest BCUT2D eigenvalue weighted by atomic mass is 10.1.